The Hall–Kier alpha value is -1.31. The molecule has 8 heteroatoms. The summed E-state index contributed by atoms with van der Waals surface area (Å²) in [4.78, 5) is 14.7. The van der Waals surface area contributed by atoms with Crippen molar-refractivity contribution in [2.24, 2.45) is 0 Å². The number of nitrogens with zero attached hydrogens (tertiary/aromatic N) is 1. The largest absolute Gasteiger partial charge is 0.496 e. The summed E-state index contributed by atoms with van der Waals surface area (Å²) in [5.74, 6) is 0.0958. The first-order valence-electron chi connectivity index (χ1n) is 5.52. The Labute approximate surface area is 142 Å². The lowest BCUT2D eigenvalue weighted by molar-refractivity contribution is 0.0696. The third kappa shape index (κ3) is 3.66. The van der Waals surface area contributed by atoms with Gasteiger partial charge in [-0.05, 0) is 50.1 Å². The predicted octanol–water partition coefficient (Wildman–Crippen LogP) is 4.76. The molecule has 2 aromatic rings. The molecule has 0 radical (unpaired) electrons. The minimum absolute atomic E-state index is 0.0117. The standard InChI is InChI=1S/C13H8Br2ClNO4/c1-20-10-3-8(15)11(4-7(10)14)21-12-9(16)2-6(5-17-12)13(18)19/h2-5H,1H3,(H,18,19). The Balaban J connectivity index is 2.34. The average Bonchev–Trinajstić information content (AvgIpc) is 2.44. The van der Waals surface area contributed by atoms with Crippen LogP contribution in [0, 0.1) is 0 Å². The number of methoxy groups -OCH3 is 1. The Morgan fingerprint density at radius 2 is 1.86 bits per heavy atom. The zero-order valence-corrected chi connectivity index (χ0v) is 14.5. The van der Waals surface area contributed by atoms with Crippen molar-refractivity contribution in [2.75, 3.05) is 7.11 Å². The Morgan fingerprint density at radius 1 is 1.24 bits per heavy atom. The predicted molar refractivity (Wildman–Crippen MR) is 84.7 cm³/mol. The number of ether oxygens (including phenoxy) is 2. The third-order valence-electron chi connectivity index (χ3n) is 2.47. The van der Waals surface area contributed by atoms with Gasteiger partial charge in [-0.3, -0.25) is 0 Å². The molecular weight excluding hydrogens is 429 g/mol. The smallest absolute Gasteiger partial charge is 0.337 e. The van der Waals surface area contributed by atoms with E-state index in [0.717, 1.165) is 0 Å². The minimum Gasteiger partial charge on any atom is -0.496 e. The number of halogens is 3. The summed E-state index contributed by atoms with van der Waals surface area (Å²) < 4.78 is 12.1. The number of benzene rings is 1. The monoisotopic (exact) mass is 435 g/mol. The topological polar surface area (TPSA) is 68.7 Å². The fraction of sp³-hybridized carbons (Fsp3) is 0.0769. The maximum absolute atomic E-state index is 10.8. The van der Waals surface area contributed by atoms with Gasteiger partial charge in [0.05, 0.1) is 21.6 Å². The highest BCUT2D eigenvalue weighted by Crippen LogP contribution is 2.39. The van der Waals surface area contributed by atoms with E-state index in [-0.39, 0.29) is 16.5 Å². The van der Waals surface area contributed by atoms with Crippen LogP contribution in [-0.4, -0.2) is 23.2 Å². The molecule has 1 aromatic carbocycles. The van der Waals surface area contributed by atoms with Gasteiger partial charge < -0.3 is 14.6 Å². The van der Waals surface area contributed by atoms with Gasteiger partial charge >= 0.3 is 5.97 Å². The number of rotatable bonds is 4. The van der Waals surface area contributed by atoms with Gasteiger partial charge in [0.1, 0.15) is 16.5 Å². The average molecular weight is 437 g/mol. The van der Waals surface area contributed by atoms with Crippen LogP contribution in [0.2, 0.25) is 5.02 Å². The maximum atomic E-state index is 10.8. The molecule has 5 nitrogen and oxygen atoms in total. The summed E-state index contributed by atoms with van der Waals surface area (Å²) in [6.07, 6.45) is 1.18. The lowest BCUT2D eigenvalue weighted by atomic mass is 10.3. The van der Waals surface area contributed by atoms with Crippen LogP contribution in [0.5, 0.6) is 17.4 Å². The van der Waals surface area contributed by atoms with Crippen LogP contribution < -0.4 is 9.47 Å². The first-order chi connectivity index (χ1) is 9.92. The minimum atomic E-state index is -1.11. The Kier molecular flexibility index (Phi) is 5.08. The van der Waals surface area contributed by atoms with E-state index in [0.29, 0.717) is 20.4 Å². The van der Waals surface area contributed by atoms with Crippen LogP contribution in [0.4, 0.5) is 0 Å². The lowest BCUT2D eigenvalue weighted by Crippen LogP contribution is -1.99. The molecule has 0 aliphatic rings. The van der Waals surface area contributed by atoms with Crippen molar-refractivity contribution in [3.05, 3.63) is 43.9 Å². The van der Waals surface area contributed by atoms with Crippen LogP contribution in [0.25, 0.3) is 0 Å². The van der Waals surface area contributed by atoms with E-state index in [4.69, 9.17) is 26.2 Å². The molecule has 0 saturated carbocycles. The van der Waals surface area contributed by atoms with Crippen LogP contribution in [0.3, 0.4) is 0 Å². The van der Waals surface area contributed by atoms with Gasteiger partial charge in [-0.25, -0.2) is 9.78 Å². The number of hydrogen-bond acceptors (Lipinski definition) is 4. The van der Waals surface area contributed by atoms with Gasteiger partial charge in [0.15, 0.2) is 0 Å². The normalized spacial score (nSPS) is 10.3. The number of hydrogen-bond donors (Lipinski definition) is 1. The molecule has 21 heavy (non-hydrogen) atoms. The quantitative estimate of drug-likeness (QED) is 0.747. The fourth-order valence-corrected chi connectivity index (χ4v) is 2.56. The van der Waals surface area contributed by atoms with E-state index in [1.807, 2.05) is 0 Å². The molecule has 0 unspecified atom stereocenters. The second kappa shape index (κ2) is 6.64. The third-order valence-corrected chi connectivity index (χ3v) is 3.98. The van der Waals surface area contributed by atoms with E-state index in [1.54, 1.807) is 19.2 Å². The van der Waals surface area contributed by atoms with Gasteiger partial charge in [-0.2, -0.15) is 0 Å². The van der Waals surface area contributed by atoms with E-state index in [1.165, 1.54) is 12.3 Å². The van der Waals surface area contributed by atoms with E-state index in [9.17, 15) is 4.79 Å². The summed E-state index contributed by atoms with van der Waals surface area (Å²) in [5, 5.41) is 8.97. The molecule has 0 bridgehead atoms. The molecule has 0 aliphatic heterocycles. The highest BCUT2D eigenvalue weighted by atomic mass is 79.9. The molecular formula is C13H8Br2ClNO4. The molecule has 0 fully saturated rings. The molecule has 110 valence electrons. The zero-order chi connectivity index (χ0) is 15.6. The first kappa shape index (κ1) is 16.1. The highest BCUT2D eigenvalue weighted by Gasteiger charge is 2.14. The second-order valence-electron chi connectivity index (χ2n) is 3.84. The number of aromatic nitrogens is 1. The number of carboxylic acid groups (broad SMARTS) is 1. The van der Waals surface area contributed by atoms with E-state index < -0.39 is 5.97 Å². The molecule has 0 atom stereocenters. The van der Waals surface area contributed by atoms with Crippen molar-refractivity contribution in [1.82, 2.24) is 4.98 Å². The molecule has 0 saturated heterocycles. The SMILES string of the molecule is COc1cc(Br)c(Oc2ncc(C(=O)O)cc2Cl)cc1Br. The van der Waals surface area contributed by atoms with Crippen LogP contribution in [0.15, 0.2) is 33.3 Å². The zero-order valence-electron chi connectivity index (χ0n) is 10.6. The summed E-state index contributed by atoms with van der Waals surface area (Å²) in [6.45, 7) is 0. The van der Waals surface area contributed by atoms with Crippen molar-refractivity contribution < 1.29 is 19.4 Å². The molecule has 1 N–H and O–H groups in total. The molecule has 0 aliphatic carbocycles. The van der Waals surface area contributed by atoms with Crippen LogP contribution in [0.1, 0.15) is 10.4 Å². The molecule has 0 spiro atoms. The van der Waals surface area contributed by atoms with Gasteiger partial charge in [0, 0.05) is 6.20 Å². The van der Waals surface area contributed by atoms with Gasteiger partial charge in [-0.15, -0.1) is 0 Å². The van der Waals surface area contributed by atoms with Crippen molar-refractivity contribution in [1.29, 1.82) is 0 Å². The van der Waals surface area contributed by atoms with E-state index >= 15 is 0 Å². The Morgan fingerprint density at radius 3 is 2.43 bits per heavy atom. The van der Waals surface area contributed by atoms with Gasteiger partial charge in [0.25, 0.3) is 0 Å². The summed E-state index contributed by atoms with van der Waals surface area (Å²) in [5.41, 5.74) is -0.0117. The summed E-state index contributed by atoms with van der Waals surface area (Å²) in [6, 6.07) is 4.68. The lowest BCUT2D eigenvalue weighted by Gasteiger charge is -2.11. The first-order valence-corrected chi connectivity index (χ1v) is 7.48. The van der Waals surface area contributed by atoms with Crippen molar-refractivity contribution >= 4 is 49.4 Å². The summed E-state index contributed by atoms with van der Waals surface area (Å²) in [7, 11) is 1.55. The molecule has 1 aromatic heterocycles. The van der Waals surface area contributed by atoms with Crippen LogP contribution >= 0.6 is 43.5 Å². The number of carbonyl (C=O) groups is 1. The molecule has 0 amide bonds. The number of aromatic carboxylic acids is 1. The maximum Gasteiger partial charge on any atom is 0.337 e. The highest BCUT2D eigenvalue weighted by molar-refractivity contribution is 9.11. The van der Waals surface area contributed by atoms with Gasteiger partial charge in [0.2, 0.25) is 5.88 Å². The number of carboxylic acids is 1. The van der Waals surface area contributed by atoms with Crippen molar-refractivity contribution in [3.63, 3.8) is 0 Å². The second-order valence-corrected chi connectivity index (χ2v) is 5.95. The van der Waals surface area contributed by atoms with Crippen molar-refractivity contribution in [2.45, 2.75) is 0 Å². The van der Waals surface area contributed by atoms with Crippen molar-refractivity contribution in [3.8, 4) is 17.4 Å². The van der Waals surface area contributed by atoms with Gasteiger partial charge in [-0.1, -0.05) is 11.6 Å². The van der Waals surface area contributed by atoms with Crippen LogP contribution in [-0.2, 0) is 0 Å². The van der Waals surface area contributed by atoms with E-state index in [2.05, 4.69) is 36.8 Å². The molecule has 1 heterocycles. The number of pyridine rings is 1. The summed E-state index contributed by atoms with van der Waals surface area (Å²) >= 11 is 12.7. The Bertz CT molecular complexity index is 709. The fourth-order valence-electron chi connectivity index (χ4n) is 1.47. The molecule has 2 rings (SSSR count).